The average Bonchev–Trinajstić information content (AvgIpc) is 2.17. The van der Waals surface area contributed by atoms with E-state index in [1.807, 2.05) is 13.8 Å². The molecular formula is C10H15O3P. The van der Waals surface area contributed by atoms with Crippen LogP contribution in [0.15, 0.2) is 12.1 Å². The van der Waals surface area contributed by atoms with Crippen molar-refractivity contribution in [3.05, 3.63) is 23.3 Å². The number of rotatable bonds is 3. The van der Waals surface area contributed by atoms with Crippen molar-refractivity contribution in [1.82, 2.24) is 0 Å². The summed E-state index contributed by atoms with van der Waals surface area (Å²) in [5.41, 5.74) is 1.55. The van der Waals surface area contributed by atoms with E-state index in [4.69, 9.17) is 9.79 Å². The molecule has 14 heavy (non-hydrogen) atoms. The van der Waals surface area contributed by atoms with E-state index in [9.17, 15) is 5.11 Å². The van der Waals surface area contributed by atoms with Crippen molar-refractivity contribution < 1.29 is 14.9 Å². The summed E-state index contributed by atoms with van der Waals surface area (Å²) in [6.45, 7) is 3.85. The topological polar surface area (TPSA) is 60.7 Å². The summed E-state index contributed by atoms with van der Waals surface area (Å²) in [6, 6.07) is 3.31. The van der Waals surface area contributed by atoms with Gasteiger partial charge in [0.2, 0.25) is 0 Å². The molecule has 0 radical (unpaired) electrons. The van der Waals surface area contributed by atoms with Crippen molar-refractivity contribution in [2.24, 2.45) is 0 Å². The first-order valence-corrected chi connectivity index (χ1v) is 5.87. The minimum Gasteiger partial charge on any atom is -0.507 e. The molecule has 0 unspecified atom stereocenters. The summed E-state index contributed by atoms with van der Waals surface area (Å²) >= 11 is 0. The van der Waals surface area contributed by atoms with E-state index in [1.54, 1.807) is 12.1 Å². The third-order valence-electron chi connectivity index (χ3n) is 2.25. The molecular weight excluding hydrogens is 199 g/mol. The highest BCUT2D eigenvalue weighted by Gasteiger charge is 2.11. The molecule has 1 aromatic carbocycles. The number of hydrogen-bond donors (Lipinski definition) is 3. The van der Waals surface area contributed by atoms with Gasteiger partial charge in [-0.2, -0.15) is 0 Å². The fraction of sp³-hybridized carbons (Fsp3) is 0.400. The Morgan fingerprint density at radius 3 is 1.79 bits per heavy atom. The van der Waals surface area contributed by atoms with Crippen molar-refractivity contribution in [2.75, 3.05) is 0 Å². The predicted molar refractivity (Wildman–Crippen MR) is 57.9 cm³/mol. The maximum atomic E-state index is 9.74. The minimum absolute atomic E-state index is 0.288. The summed E-state index contributed by atoms with van der Waals surface area (Å²) in [6.07, 6.45) is 1.38. The Balaban J connectivity index is 3.25. The lowest BCUT2D eigenvalue weighted by atomic mass is 10.1. The van der Waals surface area contributed by atoms with Crippen LogP contribution in [0.5, 0.6) is 5.75 Å². The molecule has 0 spiro atoms. The molecule has 0 heterocycles. The Kier molecular flexibility index (Phi) is 3.87. The summed E-state index contributed by atoms with van der Waals surface area (Å²) < 4.78 is 0. The maximum absolute atomic E-state index is 9.74. The molecule has 0 saturated carbocycles. The van der Waals surface area contributed by atoms with Crippen LogP contribution in [0.3, 0.4) is 0 Å². The van der Waals surface area contributed by atoms with Crippen LogP contribution >= 0.6 is 8.38 Å². The molecule has 0 aromatic heterocycles. The number of aryl methyl sites for hydroxylation is 2. The molecule has 0 amide bonds. The summed E-state index contributed by atoms with van der Waals surface area (Å²) in [5.74, 6) is 0.288. The summed E-state index contributed by atoms with van der Waals surface area (Å²) in [4.78, 5) is 18.2. The van der Waals surface area contributed by atoms with Gasteiger partial charge in [-0.15, -0.1) is 0 Å². The van der Waals surface area contributed by atoms with E-state index in [0.717, 1.165) is 11.1 Å². The van der Waals surface area contributed by atoms with Gasteiger partial charge < -0.3 is 14.9 Å². The normalized spacial score (nSPS) is 10.9. The van der Waals surface area contributed by atoms with Gasteiger partial charge in [0.1, 0.15) is 5.75 Å². The van der Waals surface area contributed by atoms with Gasteiger partial charge in [-0.25, -0.2) is 0 Å². The van der Waals surface area contributed by atoms with Crippen molar-refractivity contribution in [2.45, 2.75) is 26.7 Å². The molecule has 0 fully saturated rings. The number of phenols is 1. The monoisotopic (exact) mass is 214 g/mol. The molecule has 3 N–H and O–H groups in total. The largest absolute Gasteiger partial charge is 0.507 e. The Bertz CT molecular complexity index is 298. The first-order chi connectivity index (χ1) is 6.60. The fourth-order valence-electron chi connectivity index (χ4n) is 1.40. The third-order valence-corrected chi connectivity index (χ3v) is 2.97. The van der Waals surface area contributed by atoms with Gasteiger partial charge in [-0.05, 0) is 36.1 Å². The lowest BCUT2D eigenvalue weighted by molar-refractivity contribution is 0.462. The van der Waals surface area contributed by atoms with Crippen LogP contribution in [0, 0.1) is 0 Å². The van der Waals surface area contributed by atoms with E-state index < -0.39 is 8.38 Å². The molecule has 0 aliphatic carbocycles. The van der Waals surface area contributed by atoms with E-state index in [1.165, 1.54) is 0 Å². The highest BCUT2D eigenvalue weighted by atomic mass is 31.2. The van der Waals surface area contributed by atoms with Gasteiger partial charge in [0, 0.05) is 5.30 Å². The Hall–Kier alpha value is -0.630. The van der Waals surface area contributed by atoms with E-state index >= 15 is 0 Å². The molecule has 0 saturated heterocycles. The molecule has 0 aliphatic rings. The van der Waals surface area contributed by atoms with E-state index in [-0.39, 0.29) is 5.75 Å². The third kappa shape index (κ3) is 2.24. The molecule has 3 nitrogen and oxygen atoms in total. The second-order valence-electron chi connectivity index (χ2n) is 3.11. The van der Waals surface area contributed by atoms with Crippen LogP contribution in [0.2, 0.25) is 0 Å². The fourth-order valence-corrected chi connectivity index (χ4v) is 1.94. The molecule has 0 atom stereocenters. The Labute approximate surface area is 84.9 Å². The van der Waals surface area contributed by atoms with Crippen molar-refractivity contribution in [3.63, 3.8) is 0 Å². The lowest BCUT2D eigenvalue weighted by Gasteiger charge is -2.11. The van der Waals surface area contributed by atoms with Gasteiger partial charge in [-0.3, -0.25) is 0 Å². The van der Waals surface area contributed by atoms with Gasteiger partial charge in [0.15, 0.2) is 8.38 Å². The van der Waals surface area contributed by atoms with E-state index in [0.29, 0.717) is 18.1 Å². The first kappa shape index (κ1) is 11.4. The highest BCUT2D eigenvalue weighted by Crippen LogP contribution is 2.29. The zero-order valence-electron chi connectivity index (χ0n) is 8.36. The van der Waals surface area contributed by atoms with E-state index in [2.05, 4.69) is 0 Å². The van der Waals surface area contributed by atoms with Crippen LogP contribution in [0.4, 0.5) is 0 Å². The summed E-state index contributed by atoms with van der Waals surface area (Å²) in [5, 5.41) is 10.2. The van der Waals surface area contributed by atoms with Crippen LogP contribution in [-0.4, -0.2) is 14.9 Å². The molecule has 1 rings (SSSR count). The SMILES string of the molecule is CCc1cc(P(O)O)cc(CC)c1O. The molecule has 78 valence electrons. The summed E-state index contributed by atoms with van der Waals surface area (Å²) in [7, 11) is -2.06. The van der Waals surface area contributed by atoms with Crippen LogP contribution in [0.25, 0.3) is 0 Å². The number of phenolic OH excluding ortho intramolecular Hbond substituents is 1. The zero-order chi connectivity index (χ0) is 10.7. The number of aromatic hydroxyl groups is 1. The number of benzene rings is 1. The zero-order valence-corrected chi connectivity index (χ0v) is 9.25. The maximum Gasteiger partial charge on any atom is 0.199 e. The van der Waals surface area contributed by atoms with Gasteiger partial charge in [-0.1, -0.05) is 13.8 Å². The second-order valence-corrected chi connectivity index (χ2v) is 4.20. The molecule has 0 aliphatic heterocycles. The smallest absolute Gasteiger partial charge is 0.199 e. The quantitative estimate of drug-likeness (QED) is 0.667. The van der Waals surface area contributed by atoms with Crippen LogP contribution in [-0.2, 0) is 12.8 Å². The Morgan fingerprint density at radius 1 is 1.07 bits per heavy atom. The minimum atomic E-state index is -2.06. The van der Waals surface area contributed by atoms with Crippen molar-refractivity contribution in [1.29, 1.82) is 0 Å². The molecule has 4 heteroatoms. The molecule has 0 bridgehead atoms. The standard InChI is InChI=1S/C10H15O3P/c1-3-7-5-9(14(12)13)6-8(4-2)10(7)11/h5-6,11-13H,3-4H2,1-2H3. The van der Waals surface area contributed by atoms with Gasteiger partial charge in [0.25, 0.3) is 0 Å². The van der Waals surface area contributed by atoms with Crippen LogP contribution in [0.1, 0.15) is 25.0 Å². The van der Waals surface area contributed by atoms with Crippen LogP contribution < -0.4 is 5.30 Å². The predicted octanol–water partition coefficient (Wildman–Crippen LogP) is 1.44. The van der Waals surface area contributed by atoms with Crippen molar-refractivity contribution in [3.8, 4) is 5.75 Å². The lowest BCUT2D eigenvalue weighted by Crippen LogP contribution is -2.04. The first-order valence-electron chi connectivity index (χ1n) is 4.62. The molecule has 1 aromatic rings. The number of hydrogen-bond acceptors (Lipinski definition) is 3. The second kappa shape index (κ2) is 4.74. The highest BCUT2D eigenvalue weighted by molar-refractivity contribution is 7.54. The Morgan fingerprint density at radius 2 is 1.50 bits per heavy atom. The van der Waals surface area contributed by atoms with Gasteiger partial charge in [0.05, 0.1) is 0 Å². The average molecular weight is 214 g/mol. The van der Waals surface area contributed by atoms with Crippen molar-refractivity contribution >= 4 is 13.7 Å². The van der Waals surface area contributed by atoms with Gasteiger partial charge >= 0.3 is 0 Å².